The van der Waals surface area contributed by atoms with E-state index in [4.69, 9.17) is 4.74 Å². The summed E-state index contributed by atoms with van der Waals surface area (Å²) < 4.78 is 5.05. The summed E-state index contributed by atoms with van der Waals surface area (Å²) in [6, 6.07) is 17.4. The Hall–Kier alpha value is -3.48. The quantitative estimate of drug-likeness (QED) is 0.680. The van der Waals surface area contributed by atoms with Crippen molar-refractivity contribution in [1.82, 2.24) is 5.32 Å². The molecule has 0 aromatic heterocycles. The second kappa shape index (κ2) is 9.82. The molecule has 1 heterocycles. The molecule has 0 spiro atoms. The highest BCUT2D eigenvalue weighted by Gasteiger charge is 2.35. The zero-order chi connectivity index (χ0) is 21.5. The Morgan fingerprint density at radius 2 is 1.73 bits per heavy atom. The van der Waals surface area contributed by atoms with Gasteiger partial charge in [0.2, 0.25) is 0 Å². The van der Waals surface area contributed by atoms with E-state index in [0.29, 0.717) is 0 Å². The van der Waals surface area contributed by atoms with Gasteiger partial charge in [-0.05, 0) is 31.5 Å². The molecule has 0 bridgehead atoms. The van der Waals surface area contributed by atoms with Crippen LogP contribution in [0.3, 0.4) is 0 Å². The first-order valence-corrected chi connectivity index (χ1v) is 9.93. The highest BCUT2D eigenvalue weighted by atomic mass is 16.5. The van der Waals surface area contributed by atoms with Crippen LogP contribution >= 0.6 is 0 Å². The first-order chi connectivity index (χ1) is 14.5. The van der Waals surface area contributed by atoms with Crippen LogP contribution in [0.25, 0.3) is 0 Å². The number of benzene rings is 2. The number of hydrazone groups is 1. The zero-order valence-electron chi connectivity index (χ0n) is 17.1. The lowest BCUT2D eigenvalue weighted by molar-refractivity contribution is -0.143. The zero-order valence-corrected chi connectivity index (χ0v) is 17.1. The maximum Gasteiger partial charge on any atom is 0.308 e. The summed E-state index contributed by atoms with van der Waals surface area (Å²) in [5.41, 5.74) is 1.79. The summed E-state index contributed by atoms with van der Waals surface area (Å²) in [6.07, 6.45) is 0.215. The summed E-state index contributed by atoms with van der Waals surface area (Å²) in [6.45, 7) is 3.50. The summed E-state index contributed by atoms with van der Waals surface area (Å²) in [5.74, 6) is -0.873. The topological polar surface area (TPSA) is 88.1 Å². The van der Waals surface area contributed by atoms with E-state index in [1.165, 1.54) is 6.92 Å². The Labute approximate surface area is 175 Å². The molecule has 30 heavy (non-hydrogen) atoms. The molecule has 0 aliphatic carbocycles. The third-order valence-electron chi connectivity index (χ3n) is 4.85. The third kappa shape index (κ3) is 5.11. The fourth-order valence-electron chi connectivity index (χ4n) is 3.35. The fraction of sp³-hybridized carbons (Fsp3) is 0.304. The predicted molar refractivity (Wildman–Crippen MR) is 114 cm³/mol. The largest absolute Gasteiger partial charge is 0.466 e. The number of para-hydroxylation sites is 1. The third-order valence-corrected chi connectivity index (χ3v) is 4.85. The van der Waals surface area contributed by atoms with E-state index in [2.05, 4.69) is 10.4 Å². The van der Waals surface area contributed by atoms with Gasteiger partial charge in [0, 0.05) is 6.42 Å². The average molecular weight is 407 g/mol. The molecule has 0 radical (unpaired) electrons. The number of carbonyl (C=O) groups is 3. The van der Waals surface area contributed by atoms with Gasteiger partial charge in [0.1, 0.15) is 11.8 Å². The molecular formula is C23H25N3O4. The van der Waals surface area contributed by atoms with Crippen molar-refractivity contribution in [2.45, 2.75) is 38.8 Å². The van der Waals surface area contributed by atoms with Crippen LogP contribution in [0.5, 0.6) is 0 Å². The van der Waals surface area contributed by atoms with Gasteiger partial charge in [0.15, 0.2) is 5.78 Å². The fourth-order valence-corrected chi connectivity index (χ4v) is 3.35. The molecule has 2 aromatic carbocycles. The SMILES string of the molecule is CCOC(=O)CC(NC(=O)C1=NN(c2ccccc2)C(C(C)=O)C1)c1ccccc1. The number of ketones is 1. The number of hydrogen-bond donors (Lipinski definition) is 1. The van der Waals surface area contributed by atoms with Gasteiger partial charge < -0.3 is 10.1 Å². The summed E-state index contributed by atoms with van der Waals surface area (Å²) in [4.78, 5) is 37.2. The van der Waals surface area contributed by atoms with E-state index in [0.717, 1.165) is 11.3 Å². The van der Waals surface area contributed by atoms with Gasteiger partial charge in [0.25, 0.3) is 5.91 Å². The standard InChI is InChI=1S/C23H25N3O4/c1-3-30-22(28)15-19(17-10-6-4-7-11-17)24-23(29)20-14-21(16(2)27)26(25-20)18-12-8-5-9-13-18/h4-13,19,21H,3,14-15H2,1-2H3,(H,24,29). The maximum atomic E-state index is 13.0. The van der Waals surface area contributed by atoms with Crippen LogP contribution in [0.1, 0.15) is 38.3 Å². The van der Waals surface area contributed by atoms with Crippen LogP contribution in [0, 0.1) is 0 Å². The number of Topliss-reactive ketones (excluding diaryl/α,β-unsaturated/α-hetero) is 1. The second-order valence-corrected chi connectivity index (χ2v) is 7.00. The lowest BCUT2D eigenvalue weighted by Gasteiger charge is -2.20. The van der Waals surface area contributed by atoms with Crippen molar-refractivity contribution in [1.29, 1.82) is 0 Å². The molecule has 7 heteroatoms. The van der Waals surface area contributed by atoms with Crippen molar-refractivity contribution < 1.29 is 19.1 Å². The number of anilines is 1. The first-order valence-electron chi connectivity index (χ1n) is 9.93. The lowest BCUT2D eigenvalue weighted by Crippen LogP contribution is -2.36. The summed E-state index contributed by atoms with van der Waals surface area (Å²) >= 11 is 0. The smallest absolute Gasteiger partial charge is 0.308 e. The average Bonchev–Trinajstić information content (AvgIpc) is 3.21. The molecule has 2 atom stereocenters. The Bertz CT molecular complexity index is 928. The molecule has 0 fully saturated rings. The van der Waals surface area contributed by atoms with Gasteiger partial charge in [-0.3, -0.25) is 19.4 Å². The van der Waals surface area contributed by atoms with Gasteiger partial charge in [-0.1, -0.05) is 48.5 Å². The highest BCUT2D eigenvalue weighted by Crippen LogP contribution is 2.26. The Balaban J connectivity index is 1.81. The van der Waals surface area contributed by atoms with E-state index in [1.54, 1.807) is 11.9 Å². The number of nitrogens with zero attached hydrogens (tertiary/aromatic N) is 2. The van der Waals surface area contributed by atoms with Crippen LogP contribution in [0.4, 0.5) is 5.69 Å². The minimum Gasteiger partial charge on any atom is -0.466 e. The van der Waals surface area contributed by atoms with Crippen LogP contribution in [-0.2, 0) is 19.1 Å². The molecule has 0 saturated heterocycles. The van der Waals surface area contributed by atoms with Crippen molar-refractivity contribution in [2.75, 3.05) is 11.6 Å². The first kappa shape index (κ1) is 21.2. The minimum absolute atomic E-state index is 0.00934. The Morgan fingerprint density at radius 1 is 1.10 bits per heavy atom. The van der Waals surface area contributed by atoms with Gasteiger partial charge >= 0.3 is 5.97 Å². The van der Waals surface area contributed by atoms with Crippen LogP contribution in [0.2, 0.25) is 0 Å². The maximum absolute atomic E-state index is 13.0. The number of nitrogens with one attached hydrogen (secondary N) is 1. The normalized spacial score (nSPS) is 16.5. The highest BCUT2D eigenvalue weighted by molar-refractivity contribution is 6.40. The molecule has 156 valence electrons. The lowest BCUT2D eigenvalue weighted by atomic mass is 10.0. The van der Waals surface area contributed by atoms with Crippen molar-refractivity contribution >= 4 is 29.1 Å². The van der Waals surface area contributed by atoms with Crippen molar-refractivity contribution in [3.63, 3.8) is 0 Å². The van der Waals surface area contributed by atoms with Crippen LogP contribution in [0.15, 0.2) is 65.8 Å². The number of rotatable bonds is 8. The van der Waals surface area contributed by atoms with E-state index in [9.17, 15) is 14.4 Å². The number of amides is 1. The predicted octanol–water partition coefficient (Wildman–Crippen LogP) is 3.02. The van der Waals surface area contributed by atoms with Crippen molar-refractivity contribution in [3.8, 4) is 0 Å². The van der Waals surface area contributed by atoms with Gasteiger partial charge in [0.05, 0.1) is 24.8 Å². The van der Waals surface area contributed by atoms with Gasteiger partial charge in [-0.15, -0.1) is 0 Å². The second-order valence-electron chi connectivity index (χ2n) is 7.00. The van der Waals surface area contributed by atoms with Crippen molar-refractivity contribution in [2.24, 2.45) is 5.10 Å². The number of hydrogen-bond acceptors (Lipinski definition) is 6. The van der Waals surface area contributed by atoms with E-state index < -0.39 is 24.0 Å². The minimum atomic E-state index is -0.554. The summed E-state index contributed by atoms with van der Waals surface area (Å²) in [5, 5.41) is 8.90. The Kier molecular flexibility index (Phi) is 6.95. The summed E-state index contributed by atoms with van der Waals surface area (Å²) in [7, 11) is 0. The monoisotopic (exact) mass is 407 g/mol. The Morgan fingerprint density at radius 3 is 2.33 bits per heavy atom. The molecule has 1 amide bonds. The number of carbonyl (C=O) groups excluding carboxylic acids is 3. The van der Waals surface area contributed by atoms with Crippen molar-refractivity contribution in [3.05, 3.63) is 66.2 Å². The molecular weight excluding hydrogens is 382 g/mol. The number of esters is 1. The molecule has 0 saturated carbocycles. The molecule has 2 aromatic rings. The van der Waals surface area contributed by atoms with E-state index in [1.807, 2.05) is 60.7 Å². The van der Waals surface area contributed by atoms with Gasteiger partial charge in [-0.25, -0.2) is 0 Å². The molecule has 1 N–H and O–H groups in total. The molecule has 2 unspecified atom stereocenters. The van der Waals surface area contributed by atoms with E-state index >= 15 is 0 Å². The molecule has 7 nitrogen and oxygen atoms in total. The molecule has 1 aliphatic rings. The molecule has 1 aliphatic heterocycles. The van der Waals surface area contributed by atoms with E-state index in [-0.39, 0.29) is 30.9 Å². The molecule has 3 rings (SSSR count). The van der Waals surface area contributed by atoms with Crippen LogP contribution in [-0.4, -0.2) is 36.0 Å². The van der Waals surface area contributed by atoms with Gasteiger partial charge in [-0.2, -0.15) is 5.10 Å². The number of ether oxygens (including phenoxy) is 1. The van der Waals surface area contributed by atoms with Crippen LogP contribution < -0.4 is 10.3 Å².